The van der Waals surface area contributed by atoms with Crippen LogP contribution in [0.25, 0.3) is 11.5 Å². The highest BCUT2D eigenvalue weighted by Crippen LogP contribution is 2.25. The van der Waals surface area contributed by atoms with Gasteiger partial charge in [-0.2, -0.15) is 5.10 Å². The van der Waals surface area contributed by atoms with Crippen LogP contribution in [0.15, 0.2) is 79.3 Å². The molecule has 1 aliphatic rings. The van der Waals surface area contributed by atoms with Gasteiger partial charge in [0.2, 0.25) is 5.91 Å². The Bertz CT molecular complexity index is 1340. The first kappa shape index (κ1) is 22.7. The summed E-state index contributed by atoms with van der Waals surface area (Å²) in [5.41, 5.74) is 4.34. The largest absolute Gasteiger partial charge is 0.338 e. The predicted molar refractivity (Wildman–Crippen MR) is 136 cm³/mol. The van der Waals surface area contributed by atoms with Crippen LogP contribution in [0.1, 0.15) is 34.3 Å². The lowest BCUT2D eigenvalue weighted by atomic mass is 9.96. The van der Waals surface area contributed by atoms with Crippen LogP contribution in [0.5, 0.6) is 0 Å². The number of hydrogen-bond acceptors (Lipinski definition) is 3. The summed E-state index contributed by atoms with van der Waals surface area (Å²) < 4.78 is 3.68. The van der Waals surface area contributed by atoms with Gasteiger partial charge in [0, 0.05) is 31.2 Å². The van der Waals surface area contributed by atoms with Gasteiger partial charge in [0.25, 0.3) is 5.91 Å². The number of nitrogens with zero attached hydrogens (tertiary/aromatic N) is 4. The molecule has 0 aliphatic carbocycles. The summed E-state index contributed by atoms with van der Waals surface area (Å²) >= 11 is 0. The minimum atomic E-state index is -0.258. The van der Waals surface area contributed by atoms with Gasteiger partial charge in [-0.25, -0.2) is 4.68 Å². The Morgan fingerprint density at radius 1 is 1.00 bits per heavy atom. The Labute approximate surface area is 205 Å². The summed E-state index contributed by atoms with van der Waals surface area (Å²) in [7, 11) is 0. The van der Waals surface area contributed by atoms with Crippen molar-refractivity contribution in [2.75, 3.05) is 18.4 Å². The second-order valence-electron chi connectivity index (χ2n) is 9.12. The summed E-state index contributed by atoms with van der Waals surface area (Å²) in [6.07, 6.45) is 6.98. The summed E-state index contributed by atoms with van der Waals surface area (Å²) in [5, 5.41) is 7.64. The number of piperidine rings is 1. The molecule has 0 saturated carbocycles. The van der Waals surface area contributed by atoms with E-state index in [1.165, 1.54) is 0 Å². The van der Waals surface area contributed by atoms with Gasteiger partial charge in [0.1, 0.15) is 5.56 Å². The molecular formula is C28H29N5O2. The zero-order valence-electron chi connectivity index (χ0n) is 20.0. The number of aromatic nitrogens is 3. The highest BCUT2D eigenvalue weighted by Gasteiger charge is 2.31. The lowest BCUT2D eigenvalue weighted by Gasteiger charge is -2.32. The van der Waals surface area contributed by atoms with Crippen LogP contribution < -0.4 is 5.32 Å². The molecule has 0 unspecified atom stereocenters. The van der Waals surface area contributed by atoms with Crippen LogP contribution in [-0.2, 0) is 4.79 Å². The summed E-state index contributed by atoms with van der Waals surface area (Å²) in [6, 6.07) is 19.6. The molecule has 7 nitrogen and oxygen atoms in total. The Hall–Kier alpha value is -4.13. The topological polar surface area (TPSA) is 72.2 Å². The van der Waals surface area contributed by atoms with E-state index in [4.69, 9.17) is 0 Å². The van der Waals surface area contributed by atoms with E-state index >= 15 is 0 Å². The van der Waals surface area contributed by atoms with Crippen LogP contribution in [0.3, 0.4) is 0 Å². The number of carbonyl (C=O) groups is 2. The van der Waals surface area contributed by atoms with Crippen molar-refractivity contribution in [2.24, 2.45) is 5.92 Å². The maximum absolute atomic E-state index is 13.7. The normalized spacial score (nSPS) is 15.7. The van der Waals surface area contributed by atoms with Crippen molar-refractivity contribution in [3.63, 3.8) is 0 Å². The van der Waals surface area contributed by atoms with E-state index in [2.05, 4.69) is 10.4 Å². The molecule has 1 atom stereocenters. The minimum Gasteiger partial charge on any atom is -0.338 e. The Kier molecular flexibility index (Phi) is 6.23. The van der Waals surface area contributed by atoms with Crippen LogP contribution in [-0.4, -0.2) is 44.2 Å². The molecular weight excluding hydrogens is 438 g/mol. The maximum Gasteiger partial charge on any atom is 0.259 e. The van der Waals surface area contributed by atoms with Crippen LogP contribution in [0, 0.1) is 19.8 Å². The fourth-order valence-corrected chi connectivity index (χ4v) is 4.63. The molecule has 1 aliphatic heterocycles. The molecule has 1 fully saturated rings. The van der Waals surface area contributed by atoms with Gasteiger partial charge in [0.05, 0.1) is 17.8 Å². The molecule has 3 heterocycles. The third-order valence-corrected chi connectivity index (χ3v) is 6.55. The van der Waals surface area contributed by atoms with Crippen molar-refractivity contribution >= 4 is 17.5 Å². The molecule has 5 rings (SSSR count). The van der Waals surface area contributed by atoms with E-state index in [-0.39, 0.29) is 17.7 Å². The molecule has 2 aromatic carbocycles. The van der Waals surface area contributed by atoms with Crippen molar-refractivity contribution < 1.29 is 9.59 Å². The smallest absolute Gasteiger partial charge is 0.259 e. The van der Waals surface area contributed by atoms with Crippen LogP contribution in [0.4, 0.5) is 5.69 Å². The van der Waals surface area contributed by atoms with E-state index in [9.17, 15) is 9.59 Å². The SMILES string of the molecule is Cc1ccc(C)c(NC(=O)[C@@H]2CCCN(C(=O)c3cnn(-c4ccccc4)c3-n3cccc3)C2)c1. The molecule has 0 spiro atoms. The molecule has 2 amide bonds. The fourth-order valence-electron chi connectivity index (χ4n) is 4.63. The van der Waals surface area contributed by atoms with Crippen LogP contribution in [0.2, 0.25) is 0 Å². The van der Waals surface area contributed by atoms with Crippen molar-refractivity contribution in [3.8, 4) is 11.5 Å². The molecule has 1 N–H and O–H groups in total. The molecule has 178 valence electrons. The molecule has 35 heavy (non-hydrogen) atoms. The number of aryl methyl sites for hydroxylation is 2. The second-order valence-corrected chi connectivity index (χ2v) is 9.12. The number of para-hydroxylation sites is 1. The first-order valence-corrected chi connectivity index (χ1v) is 12.0. The summed E-state index contributed by atoms with van der Waals surface area (Å²) in [5.74, 6) is 0.280. The predicted octanol–water partition coefficient (Wildman–Crippen LogP) is 4.77. The lowest BCUT2D eigenvalue weighted by molar-refractivity contribution is -0.121. The average Bonchev–Trinajstić information content (AvgIpc) is 3.56. The number of anilines is 1. The second kappa shape index (κ2) is 9.62. The van der Waals surface area contributed by atoms with Gasteiger partial charge in [-0.15, -0.1) is 0 Å². The highest BCUT2D eigenvalue weighted by molar-refractivity contribution is 5.98. The molecule has 0 radical (unpaired) electrons. The van der Waals surface area contributed by atoms with E-state index in [0.29, 0.717) is 24.5 Å². The number of hydrogen-bond donors (Lipinski definition) is 1. The van der Waals surface area contributed by atoms with Crippen molar-refractivity contribution in [2.45, 2.75) is 26.7 Å². The number of benzene rings is 2. The zero-order valence-corrected chi connectivity index (χ0v) is 20.0. The Morgan fingerprint density at radius 2 is 1.77 bits per heavy atom. The van der Waals surface area contributed by atoms with Gasteiger partial charge in [0.15, 0.2) is 5.82 Å². The molecule has 4 aromatic rings. The van der Waals surface area contributed by atoms with Gasteiger partial charge >= 0.3 is 0 Å². The Morgan fingerprint density at radius 3 is 2.54 bits per heavy atom. The number of amides is 2. The Balaban J connectivity index is 1.39. The standard InChI is InChI=1S/C28H29N5O2/c1-20-12-13-21(2)25(17-20)30-26(34)22-9-8-16-32(19-22)28(35)24-18-29-33(23-10-4-3-5-11-23)27(24)31-14-6-7-15-31/h3-7,10-15,17-18,22H,8-9,16,19H2,1-2H3,(H,30,34)/t22-/m1/s1. The molecule has 7 heteroatoms. The van der Waals surface area contributed by atoms with E-state index < -0.39 is 0 Å². The third kappa shape index (κ3) is 4.62. The summed E-state index contributed by atoms with van der Waals surface area (Å²) in [6.45, 7) is 5.00. The van der Waals surface area contributed by atoms with Gasteiger partial charge in [-0.1, -0.05) is 30.3 Å². The number of nitrogens with one attached hydrogen (secondary N) is 1. The van der Waals surface area contributed by atoms with E-state index in [0.717, 1.165) is 35.3 Å². The summed E-state index contributed by atoms with van der Waals surface area (Å²) in [4.78, 5) is 28.6. The number of carbonyl (C=O) groups excluding carboxylic acids is 2. The van der Waals surface area contributed by atoms with Gasteiger partial charge in [-0.3, -0.25) is 9.59 Å². The van der Waals surface area contributed by atoms with E-state index in [1.807, 2.05) is 91.5 Å². The minimum absolute atomic E-state index is 0.0400. The van der Waals surface area contributed by atoms with Crippen molar-refractivity contribution in [1.29, 1.82) is 0 Å². The van der Waals surface area contributed by atoms with E-state index in [1.54, 1.807) is 15.8 Å². The lowest BCUT2D eigenvalue weighted by Crippen LogP contribution is -2.44. The van der Waals surface area contributed by atoms with Gasteiger partial charge in [-0.05, 0) is 68.1 Å². The fraction of sp³-hybridized carbons (Fsp3) is 0.250. The molecule has 1 saturated heterocycles. The molecule has 2 aromatic heterocycles. The number of rotatable bonds is 5. The first-order valence-electron chi connectivity index (χ1n) is 12.0. The third-order valence-electron chi connectivity index (χ3n) is 6.55. The van der Waals surface area contributed by atoms with Crippen LogP contribution >= 0.6 is 0 Å². The first-order chi connectivity index (χ1) is 17.0. The average molecular weight is 468 g/mol. The zero-order chi connectivity index (χ0) is 24.4. The van der Waals surface area contributed by atoms with Crippen molar-refractivity contribution in [3.05, 3.63) is 95.9 Å². The number of likely N-dealkylation sites (tertiary alicyclic amines) is 1. The van der Waals surface area contributed by atoms with Gasteiger partial charge < -0.3 is 14.8 Å². The quantitative estimate of drug-likeness (QED) is 0.460. The monoisotopic (exact) mass is 467 g/mol. The highest BCUT2D eigenvalue weighted by atomic mass is 16.2. The van der Waals surface area contributed by atoms with Crippen molar-refractivity contribution in [1.82, 2.24) is 19.2 Å². The molecule has 0 bridgehead atoms. The maximum atomic E-state index is 13.7.